The lowest BCUT2D eigenvalue weighted by Gasteiger charge is -2.55. The first-order chi connectivity index (χ1) is 20.2. The van der Waals surface area contributed by atoms with E-state index in [0.717, 1.165) is 29.2 Å². The largest absolute Gasteiger partial charge is 0.477 e. The van der Waals surface area contributed by atoms with Gasteiger partial charge in [0.1, 0.15) is 45.0 Å². The Kier molecular flexibility index (Phi) is 8.27. The van der Waals surface area contributed by atoms with Crippen molar-refractivity contribution in [1.29, 1.82) is 0 Å². The molecule has 1 amide bonds. The number of aliphatic carboxylic acids is 1. The first kappa shape index (κ1) is 29.8. The number of carbonyl (C=O) groups is 2. The normalized spacial score (nSPS) is 31.3. The number of thioether (sulfide) groups is 1. The maximum Gasteiger partial charge on any atom is 0.352 e. The molecule has 226 valence electrons. The van der Waals surface area contributed by atoms with Crippen molar-refractivity contribution < 1.29 is 28.8 Å². The molecule has 2 bridgehead atoms. The van der Waals surface area contributed by atoms with Gasteiger partial charge in [0.15, 0.2) is 4.34 Å². The Balaban J connectivity index is 1.05. The molecule has 4 atom stereocenters. The molecule has 4 N–H and O–H groups in total. The third-order valence-electron chi connectivity index (χ3n) is 10.3. The highest BCUT2D eigenvalue weighted by atomic mass is 32.2. The molecule has 1 aromatic heterocycles. The lowest BCUT2D eigenvalue weighted by molar-refractivity contribution is -1.08. The molecule has 42 heavy (non-hydrogen) atoms. The van der Waals surface area contributed by atoms with Crippen LogP contribution in [0, 0.1) is 11.8 Å². The number of piperazine rings is 3. The van der Waals surface area contributed by atoms with Gasteiger partial charge >= 0.3 is 5.97 Å². The number of quaternary nitrogens is 2. The standard InChI is InChI=1S/C31H42N5O4S2/c1-20-23(28(30(39)40)34-27(20)26(21(2)37)29(34)38)5-3-18-41-31-33-24-19-22(6-7-25(24)42-31)8-11-36-15-12-35(13-16-36,14-17-36)10-4-9-32/h3,5-7,19-21,26-27,37H,4,8-18,32H2,1-2H3/q+1/p+1/b5-3+/t20-,21+,26+,27+,35?,36?/m0/s1. The van der Waals surface area contributed by atoms with Crippen LogP contribution in [0.15, 0.2) is 46.0 Å². The maximum atomic E-state index is 12.5. The number of thiazole rings is 1. The van der Waals surface area contributed by atoms with Crippen LogP contribution in [-0.4, -0.2) is 118 Å². The van der Waals surface area contributed by atoms with Crippen LogP contribution in [0.1, 0.15) is 25.8 Å². The quantitative estimate of drug-likeness (QED) is 0.192. The Morgan fingerprint density at radius 1 is 1.21 bits per heavy atom. The van der Waals surface area contributed by atoms with Gasteiger partial charge in [-0.15, -0.1) is 11.3 Å². The average molecular weight is 614 g/mol. The van der Waals surface area contributed by atoms with Gasteiger partial charge in [0.05, 0.1) is 41.4 Å². The molecule has 11 heteroatoms. The van der Waals surface area contributed by atoms with Gasteiger partial charge in [0.25, 0.3) is 0 Å². The molecule has 9 nitrogen and oxygen atoms in total. The van der Waals surface area contributed by atoms with Gasteiger partial charge < -0.3 is 29.8 Å². The van der Waals surface area contributed by atoms with Crippen LogP contribution in [-0.2, 0) is 16.0 Å². The number of fused-ring (bicyclic) bond motifs is 5. The van der Waals surface area contributed by atoms with Crippen molar-refractivity contribution in [2.24, 2.45) is 17.6 Å². The van der Waals surface area contributed by atoms with Gasteiger partial charge in [-0.25, -0.2) is 9.78 Å². The van der Waals surface area contributed by atoms with E-state index in [1.165, 1.54) is 76.5 Å². The second-order valence-electron chi connectivity index (χ2n) is 12.7. The minimum absolute atomic E-state index is 0.0489. The van der Waals surface area contributed by atoms with Gasteiger partial charge in [0.2, 0.25) is 5.91 Å². The molecule has 4 fully saturated rings. The highest BCUT2D eigenvalue weighted by molar-refractivity contribution is 8.01. The number of amides is 1. The number of nitrogens with zero attached hydrogens (tertiary/aromatic N) is 4. The summed E-state index contributed by atoms with van der Waals surface area (Å²) in [5.74, 6) is -1.44. The fourth-order valence-electron chi connectivity index (χ4n) is 7.68. The summed E-state index contributed by atoms with van der Waals surface area (Å²) in [5, 5.41) is 19.9. The average Bonchev–Trinajstić information content (AvgIpc) is 3.49. The van der Waals surface area contributed by atoms with Crippen LogP contribution in [0.25, 0.3) is 10.2 Å². The number of rotatable bonds is 12. The molecule has 1 aromatic carbocycles. The number of nitrogens with two attached hydrogens (primary N) is 1. The van der Waals surface area contributed by atoms with Crippen LogP contribution in [0.2, 0.25) is 0 Å². The van der Waals surface area contributed by atoms with Gasteiger partial charge in [-0.05, 0) is 36.7 Å². The van der Waals surface area contributed by atoms with E-state index in [2.05, 4.69) is 18.2 Å². The Hall–Kier alpha value is -2.28. The highest BCUT2D eigenvalue weighted by Gasteiger charge is 2.59. The topological polar surface area (TPSA) is 117 Å². The molecule has 5 aliphatic rings. The number of hydrogen-bond acceptors (Lipinski definition) is 7. The van der Waals surface area contributed by atoms with Crippen molar-refractivity contribution in [3.05, 3.63) is 47.2 Å². The molecule has 0 saturated carbocycles. The van der Waals surface area contributed by atoms with E-state index in [1.807, 2.05) is 19.1 Å². The summed E-state index contributed by atoms with van der Waals surface area (Å²) in [6.07, 6.45) is 5.22. The van der Waals surface area contributed by atoms with E-state index in [0.29, 0.717) is 11.3 Å². The van der Waals surface area contributed by atoms with Gasteiger partial charge in [-0.3, -0.25) is 4.79 Å². The van der Waals surface area contributed by atoms with Crippen LogP contribution < -0.4 is 5.73 Å². The highest BCUT2D eigenvalue weighted by Crippen LogP contribution is 2.47. The van der Waals surface area contributed by atoms with Crippen molar-refractivity contribution in [3.63, 3.8) is 0 Å². The number of aliphatic hydroxyl groups excluding tert-OH is 1. The van der Waals surface area contributed by atoms with Crippen LogP contribution in [0.5, 0.6) is 0 Å². The number of carboxylic acids is 1. The third kappa shape index (κ3) is 5.33. The van der Waals surface area contributed by atoms with E-state index in [9.17, 15) is 19.8 Å². The predicted molar refractivity (Wildman–Crippen MR) is 166 cm³/mol. The predicted octanol–water partition coefficient (Wildman–Crippen LogP) is 2.69. The monoisotopic (exact) mass is 613 g/mol. The number of carboxylic acid groups (broad SMARTS) is 1. The van der Waals surface area contributed by atoms with E-state index >= 15 is 0 Å². The molecule has 2 aromatic rings. The van der Waals surface area contributed by atoms with Crippen LogP contribution >= 0.6 is 23.1 Å². The lowest BCUT2D eigenvalue weighted by Crippen LogP contribution is -2.75. The van der Waals surface area contributed by atoms with Gasteiger partial charge in [-0.2, -0.15) is 0 Å². The molecule has 0 spiro atoms. The van der Waals surface area contributed by atoms with E-state index in [4.69, 9.17) is 10.7 Å². The molecule has 0 aliphatic carbocycles. The molecule has 5 aliphatic heterocycles. The Labute approximate surface area is 255 Å². The maximum absolute atomic E-state index is 12.5. The number of aliphatic hydroxyl groups is 1. The second kappa shape index (κ2) is 11.7. The number of allylic oxidation sites excluding steroid dienone is 1. The third-order valence-corrected chi connectivity index (χ3v) is 12.5. The minimum Gasteiger partial charge on any atom is -0.477 e. The molecule has 0 radical (unpaired) electrons. The number of hydrogen-bond donors (Lipinski definition) is 3. The summed E-state index contributed by atoms with van der Waals surface area (Å²) in [4.78, 5) is 30.8. The summed E-state index contributed by atoms with van der Waals surface area (Å²) in [6.45, 7) is 14.5. The number of aromatic nitrogens is 1. The van der Waals surface area contributed by atoms with Crippen molar-refractivity contribution in [2.45, 2.75) is 43.2 Å². The zero-order chi connectivity index (χ0) is 29.6. The summed E-state index contributed by atoms with van der Waals surface area (Å²) in [7, 11) is 0. The fourth-order valence-corrected chi connectivity index (χ4v) is 9.57. The number of β-lactam (4-membered cyclic amide) rings is 1. The fraction of sp³-hybridized carbons (Fsp3) is 0.581. The van der Waals surface area contributed by atoms with Crippen LogP contribution in [0.4, 0.5) is 0 Å². The molecule has 7 rings (SSSR count). The SMILES string of the molecule is C[C@@H](O)[C@H]1C(=O)N2C(C(=O)O)=C(/C=C/CSc3nc4cc(CC[N+]56CC[N+](CCCN)(CC5)CC6)ccc4s3)[C@H](C)[C@H]12. The van der Waals surface area contributed by atoms with E-state index in [-0.39, 0.29) is 23.6 Å². The molecular formula is C31H43N5O4S2+2. The van der Waals surface area contributed by atoms with E-state index < -0.39 is 18.0 Å². The smallest absolute Gasteiger partial charge is 0.352 e. The summed E-state index contributed by atoms with van der Waals surface area (Å²) < 4.78 is 4.72. The zero-order valence-electron chi connectivity index (χ0n) is 24.6. The number of carbonyl (C=O) groups excluding carboxylic acids is 1. The summed E-state index contributed by atoms with van der Waals surface area (Å²) >= 11 is 3.32. The van der Waals surface area contributed by atoms with Crippen molar-refractivity contribution in [2.75, 3.05) is 64.7 Å². The van der Waals surface area contributed by atoms with Crippen LogP contribution in [0.3, 0.4) is 0 Å². The lowest BCUT2D eigenvalue weighted by atomic mass is 9.78. The molecular weight excluding hydrogens is 571 g/mol. The van der Waals surface area contributed by atoms with Crippen molar-refractivity contribution in [3.8, 4) is 0 Å². The first-order valence-corrected chi connectivity index (χ1v) is 17.0. The molecule has 0 unspecified atom stereocenters. The van der Waals surface area contributed by atoms with Crippen molar-refractivity contribution >= 4 is 45.2 Å². The summed E-state index contributed by atoms with van der Waals surface area (Å²) in [5.41, 5.74) is 8.89. The summed E-state index contributed by atoms with van der Waals surface area (Å²) in [6, 6.07) is 6.42. The van der Waals surface area contributed by atoms with Gasteiger partial charge in [0, 0.05) is 24.5 Å². The molecule has 4 saturated heterocycles. The van der Waals surface area contributed by atoms with E-state index in [1.54, 1.807) is 30.0 Å². The Morgan fingerprint density at radius 2 is 1.90 bits per heavy atom. The zero-order valence-corrected chi connectivity index (χ0v) is 26.2. The Morgan fingerprint density at radius 3 is 2.55 bits per heavy atom. The first-order valence-electron chi connectivity index (χ1n) is 15.2. The van der Waals surface area contributed by atoms with Crippen molar-refractivity contribution in [1.82, 2.24) is 9.88 Å². The Bertz CT molecular complexity index is 1410. The van der Waals surface area contributed by atoms with Gasteiger partial charge in [-0.1, -0.05) is 36.9 Å². The molecule has 6 heterocycles. The minimum atomic E-state index is -1.10. The second-order valence-corrected chi connectivity index (χ2v) is 15.0. The number of benzene rings is 1.